The van der Waals surface area contributed by atoms with Crippen LogP contribution in [-0.2, 0) is 4.43 Å². The van der Waals surface area contributed by atoms with Crippen molar-refractivity contribution in [2.24, 2.45) is 0 Å². The molecule has 61 valence electrons. The van der Waals surface area contributed by atoms with E-state index in [0.29, 0.717) is 5.02 Å². The van der Waals surface area contributed by atoms with E-state index >= 15 is 0 Å². The van der Waals surface area contributed by atoms with Crippen LogP contribution >= 0.6 is 11.6 Å². The summed E-state index contributed by atoms with van der Waals surface area (Å²) in [6.07, 6.45) is 1.86. The Morgan fingerprint density at radius 1 is 1.58 bits per heavy atom. The van der Waals surface area contributed by atoms with Gasteiger partial charge in [-0.15, -0.1) is 0 Å². The van der Waals surface area contributed by atoms with E-state index in [1.165, 1.54) is 0 Å². The van der Waals surface area contributed by atoms with Gasteiger partial charge < -0.3 is 4.43 Å². The quantitative estimate of drug-likeness (QED) is 0.521. The maximum absolute atomic E-state index is 5.80. The summed E-state index contributed by atoms with van der Waals surface area (Å²) in [5.41, 5.74) is 0.958. The van der Waals surface area contributed by atoms with Gasteiger partial charge >= 0.3 is 10.5 Å². The van der Waals surface area contributed by atoms with Crippen LogP contribution in [0.1, 0.15) is 12.5 Å². The van der Waals surface area contributed by atoms with Crippen molar-refractivity contribution < 1.29 is 4.43 Å². The van der Waals surface area contributed by atoms with Crippen LogP contribution in [0.25, 0.3) is 5.76 Å². The lowest BCUT2D eigenvalue weighted by atomic mass is 10.2. The van der Waals surface area contributed by atoms with Crippen molar-refractivity contribution in [1.29, 1.82) is 0 Å². The van der Waals surface area contributed by atoms with E-state index in [0.717, 1.165) is 11.3 Å². The first kappa shape index (κ1) is 9.36. The highest BCUT2D eigenvalue weighted by Crippen LogP contribution is 2.18. The molecule has 0 saturated carbocycles. The second kappa shape index (κ2) is 4.33. The summed E-state index contributed by atoms with van der Waals surface area (Å²) >= 11 is 5.80. The number of hydrogen-bond acceptors (Lipinski definition) is 1. The molecule has 0 atom stereocenters. The lowest BCUT2D eigenvalue weighted by Crippen LogP contribution is -1.87. The van der Waals surface area contributed by atoms with Crippen molar-refractivity contribution in [3.8, 4) is 0 Å². The van der Waals surface area contributed by atoms with E-state index in [-0.39, 0.29) is 0 Å². The fraction of sp³-hybridized carbons (Fsp3) is 0.111. The summed E-state index contributed by atoms with van der Waals surface area (Å²) in [6.45, 7) is 1.90. The van der Waals surface area contributed by atoms with Crippen LogP contribution < -0.4 is 0 Å². The Morgan fingerprint density at radius 3 is 2.83 bits per heavy atom. The molecule has 1 rings (SSSR count). The molecule has 0 N–H and O–H groups in total. The Bertz CT molecular complexity index is 296. The van der Waals surface area contributed by atoms with Crippen LogP contribution in [0.2, 0.25) is 5.02 Å². The van der Waals surface area contributed by atoms with Gasteiger partial charge in [0, 0.05) is 10.6 Å². The zero-order chi connectivity index (χ0) is 8.97. The van der Waals surface area contributed by atoms with Gasteiger partial charge in [-0.1, -0.05) is 23.7 Å². The second-order valence-corrected chi connectivity index (χ2v) is 2.91. The predicted molar refractivity (Wildman–Crippen MR) is 51.9 cm³/mol. The van der Waals surface area contributed by atoms with Gasteiger partial charge in [-0.2, -0.15) is 0 Å². The Labute approximate surface area is 80.5 Å². The third-order valence-corrected chi connectivity index (χ3v) is 1.94. The summed E-state index contributed by atoms with van der Waals surface area (Å²) in [5.74, 6) is 0.758. The van der Waals surface area contributed by atoms with E-state index in [9.17, 15) is 0 Å². The van der Waals surface area contributed by atoms with E-state index in [4.69, 9.17) is 16.0 Å². The van der Waals surface area contributed by atoms with Gasteiger partial charge in [0.1, 0.15) is 5.76 Å². The van der Waals surface area contributed by atoms with Crippen molar-refractivity contribution >= 4 is 27.8 Å². The zero-order valence-electron chi connectivity index (χ0n) is 6.67. The van der Waals surface area contributed by atoms with Crippen LogP contribution in [-0.4, -0.2) is 10.5 Å². The number of hydrogen-bond donors (Lipinski definition) is 0. The maximum atomic E-state index is 5.80. The molecule has 1 aromatic carbocycles. The van der Waals surface area contributed by atoms with Crippen LogP contribution in [0.4, 0.5) is 0 Å². The number of rotatable bonds is 2. The molecule has 0 aliphatic rings. The fourth-order valence-corrected chi connectivity index (χ4v) is 1.35. The normalized spacial score (nSPS) is 11.4. The van der Waals surface area contributed by atoms with Crippen LogP contribution in [0.3, 0.4) is 0 Å². The van der Waals surface area contributed by atoms with Crippen LogP contribution in [0, 0.1) is 0 Å². The molecule has 1 aromatic rings. The minimum atomic E-state index is 0.704. The largest absolute Gasteiger partial charge is 0.540 e. The zero-order valence-corrected chi connectivity index (χ0v) is 8.43. The highest BCUT2D eigenvalue weighted by molar-refractivity contribution is 6.30. The Balaban J connectivity index is 3.02. The monoisotopic (exact) mass is 195 g/mol. The maximum Gasteiger partial charge on any atom is 0.341 e. The first-order valence-electron chi connectivity index (χ1n) is 3.53. The topological polar surface area (TPSA) is 9.23 Å². The highest BCUT2D eigenvalue weighted by atomic mass is 35.5. The molecule has 3 radical (unpaired) electrons. The Kier molecular flexibility index (Phi) is 3.38. The number of allylic oxidation sites excluding steroid dienone is 1. The van der Waals surface area contributed by atoms with E-state index in [1.54, 1.807) is 0 Å². The lowest BCUT2D eigenvalue weighted by molar-refractivity contribution is 0.571. The molecule has 0 unspecified atom stereocenters. The lowest BCUT2D eigenvalue weighted by Gasteiger charge is -2.05. The van der Waals surface area contributed by atoms with Crippen molar-refractivity contribution in [1.82, 2.24) is 0 Å². The second-order valence-electron chi connectivity index (χ2n) is 2.27. The molecule has 0 aliphatic heterocycles. The van der Waals surface area contributed by atoms with Crippen LogP contribution in [0.15, 0.2) is 30.3 Å². The molecule has 0 aliphatic carbocycles. The average molecular weight is 196 g/mol. The molecule has 0 fully saturated rings. The summed E-state index contributed by atoms with van der Waals surface area (Å²) in [6, 6.07) is 7.48. The minimum absolute atomic E-state index is 0.704. The summed E-state index contributed by atoms with van der Waals surface area (Å²) in [4.78, 5) is 0. The molecular formula is C9H8ClOSi. The minimum Gasteiger partial charge on any atom is -0.540 e. The fourth-order valence-electron chi connectivity index (χ4n) is 0.926. The Morgan fingerprint density at radius 2 is 2.33 bits per heavy atom. The van der Waals surface area contributed by atoms with Crippen molar-refractivity contribution in [2.75, 3.05) is 0 Å². The third kappa shape index (κ3) is 2.12. The number of benzene rings is 1. The average Bonchev–Trinajstić information content (AvgIpc) is 2.07. The van der Waals surface area contributed by atoms with Gasteiger partial charge in [0.05, 0.1) is 0 Å². The summed E-state index contributed by atoms with van der Waals surface area (Å²) in [7, 11) is 2.97. The first-order valence-corrected chi connectivity index (χ1v) is 4.32. The molecule has 0 saturated heterocycles. The smallest absolute Gasteiger partial charge is 0.341 e. The molecule has 0 heterocycles. The molecule has 0 amide bonds. The van der Waals surface area contributed by atoms with Gasteiger partial charge in [0.25, 0.3) is 0 Å². The van der Waals surface area contributed by atoms with Crippen molar-refractivity contribution in [3.05, 3.63) is 40.9 Å². The highest BCUT2D eigenvalue weighted by Gasteiger charge is 1.98. The van der Waals surface area contributed by atoms with Crippen LogP contribution in [0.5, 0.6) is 0 Å². The first-order chi connectivity index (χ1) is 5.77. The molecule has 0 aromatic heterocycles. The predicted octanol–water partition coefficient (Wildman–Crippen LogP) is 2.80. The van der Waals surface area contributed by atoms with Gasteiger partial charge in [-0.25, -0.2) is 0 Å². The van der Waals surface area contributed by atoms with Crippen molar-refractivity contribution in [2.45, 2.75) is 6.92 Å². The molecular weight excluding hydrogens is 188 g/mol. The number of halogens is 1. The third-order valence-electron chi connectivity index (χ3n) is 1.48. The molecule has 0 spiro atoms. The van der Waals surface area contributed by atoms with Gasteiger partial charge in [0.2, 0.25) is 0 Å². The van der Waals surface area contributed by atoms with E-state index < -0.39 is 0 Å². The Hall–Kier alpha value is -0.733. The van der Waals surface area contributed by atoms with Gasteiger partial charge in [-0.05, 0) is 25.1 Å². The molecule has 3 heteroatoms. The van der Waals surface area contributed by atoms with Crippen molar-refractivity contribution in [3.63, 3.8) is 0 Å². The van der Waals surface area contributed by atoms with E-state index in [1.807, 2.05) is 37.3 Å². The standard InChI is InChI=1S/C9H8ClOSi/c1-2-9(11-12)7-4-3-5-8(10)6-7/h2-6H,1H3/b9-2-. The van der Waals surface area contributed by atoms with Gasteiger partial charge in [-0.3, -0.25) is 0 Å². The SMILES string of the molecule is C/C=C(\O[Si])c1cccc(Cl)c1. The summed E-state index contributed by atoms with van der Waals surface area (Å²) < 4.78 is 4.95. The molecule has 12 heavy (non-hydrogen) atoms. The van der Waals surface area contributed by atoms with Gasteiger partial charge in [0.15, 0.2) is 0 Å². The van der Waals surface area contributed by atoms with E-state index in [2.05, 4.69) is 10.5 Å². The molecule has 1 nitrogen and oxygen atoms in total. The summed E-state index contributed by atoms with van der Waals surface area (Å²) in [5, 5.41) is 0.704. The molecule has 0 bridgehead atoms.